The zero-order valence-corrected chi connectivity index (χ0v) is 20.6. The number of amides is 1. The normalized spacial score (nSPS) is 11.3. The van der Waals surface area contributed by atoms with Crippen molar-refractivity contribution >= 4 is 23.4 Å². The number of hydrogen-bond acceptors (Lipinski definition) is 7. The van der Waals surface area contributed by atoms with Crippen molar-refractivity contribution in [2.24, 2.45) is 5.10 Å². The summed E-state index contributed by atoms with van der Waals surface area (Å²) in [5.41, 5.74) is 7.17. The Bertz CT molecular complexity index is 1300. The van der Waals surface area contributed by atoms with Gasteiger partial charge in [-0.2, -0.15) is 5.10 Å². The van der Waals surface area contributed by atoms with Gasteiger partial charge in [-0.1, -0.05) is 41.6 Å². The molecular weight excluding hydrogens is 460 g/mol. The molecule has 0 aliphatic carbocycles. The number of thioether (sulfide) groups is 1. The number of rotatable bonds is 9. The number of nitrogens with one attached hydrogen (secondary N) is 1. The van der Waals surface area contributed by atoms with Crippen molar-refractivity contribution in [3.63, 3.8) is 0 Å². The summed E-state index contributed by atoms with van der Waals surface area (Å²) in [7, 11) is 0. The molecule has 0 saturated heterocycles. The number of hydrazone groups is 1. The number of benzene rings is 2. The second-order valence-corrected chi connectivity index (χ2v) is 8.64. The van der Waals surface area contributed by atoms with Gasteiger partial charge in [0.1, 0.15) is 5.75 Å². The van der Waals surface area contributed by atoms with Crippen molar-refractivity contribution in [2.75, 3.05) is 12.4 Å². The monoisotopic (exact) mass is 486 g/mol. The van der Waals surface area contributed by atoms with Crippen LogP contribution in [0.4, 0.5) is 0 Å². The lowest BCUT2D eigenvalue weighted by Gasteiger charge is -2.11. The molecule has 0 unspecified atom stereocenters. The maximum atomic E-state index is 12.5. The first-order valence-electron chi connectivity index (χ1n) is 11.2. The van der Waals surface area contributed by atoms with Crippen LogP contribution in [0.3, 0.4) is 0 Å². The number of carbonyl (C=O) groups excluding carboxylic acids is 1. The number of carbonyl (C=O) groups is 1. The molecule has 2 heterocycles. The first-order chi connectivity index (χ1) is 17.0. The number of pyridine rings is 1. The summed E-state index contributed by atoms with van der Waals surface area (Å²) in [6.45, 7) is 6.43. The molecule has 9 heteroatoms. The summed E-state index contributed by atoms with van der Waals surface area (Å²) in [6.07, 6.45) is 3.44. The van der Waals surface area contributed by atoms with E-state index in [1.165, 1.54) is 17.3 Å². The summed E-state index contributed by atoms with van der Waals surface area (Å²) < 4.78 is 7.47. The Morgan fingerprint density at radius 3 is 2.54 bits per heavy atom. The third kappa shape index (κ3) is 6.13. The molecule has 35 heavy (non-hydrogen) atoms. The lowest BCUT2D eigenvalue weighted by molar-refractivity contribution is -0.118. The molecule has 0 radical (unpaired) electrons. The molecule has 4 aromatic rings. The quantitative estimate of drug-likeness (QED) is 0.210. The molecule has 8 nitrogen and oxygen atoms in total. The molecule has 0 atom stereocenters. The van der Waals surface area contributed by atoms with E-state index in [4.69, 9.17) is 4.74 Å². The Morgan fingerprint density at radius 1 is 1.09 bits per heavy atom. The standard InChI is InChI=1S/C26H26N6O2S/c1-4-34-23-13-11-22(12-14-23)32-25(21-6-5-15-27-16-21)30-31-26(32)35-17-24(33)29-28-19(3)20-9-7-18(2)8-10-20/h5-16H,4,17H2,1-3H3,(H,29,33)/b28-19+. The fraction of sp³-hybridized carbons (Fsp3) is 0.192. The summed E-state index contributed by atoms with van der Waals surface area (Å²) in [6, 6.07) is 19.4. The third-order valence-corrected chi connectivity index (χ3v) is 6.04. The van der Waals surface area contributed by atoms with Crippen molar-refractivity contribution in [1.29, 1.82) is 0 Å². The van der Waals surface area contributed by atoms with Gasteiger partial charge in [0, 0.05) is 23.6 Å². The van der Waals surface area contributed by atoms with Gasteiger partial charge in [-0.15, -0.1) is 10.2 Å². The van der Waals surface area contributed by atoms with Gasteiger partial charge in [-0.3, -0.25) is 14.3 Å². The van der Waals surface area contributed by atoms with E-state index in [0.29, 0.717) is 17.6 Å². The summed E-state index contributed by atoms with van der Waals surface area (Å²) >= 11 is 1.29. The van der Waals surface area contributed by atoms with Crippen LogP contribution in [-0.2, 0) is 4.79 Å². The van der Waals surface area contributed by atoms with Gasteiger partial charge >= 0.3 is 0 Å². The minimum atomic E-state index is -0.231. The van der Waals surface area contributed by atoms with E-state index in [9.17, 15) is 4.79 Å². The highest BCUT2D eigenvalue weighted by Crippen LogP contribution is 2.28. The van der Waals surface area contributed by atoms with Crippen LogP contribution in [0.5, 0.6) is 5.75 Å². The van der Waals surface area contributed by atoms with Crippen LogP contribution in [0.25, 0.3) is 17.1 Å². The highest BCUT2D eigenvalue weighted by molar-refractivity contribution is 7.99. The number of aromatic nitrogens is 4. The van der Waals surface area contributed by atoms with E-state index in [-0.39, 0.29) is 11.7 Å². The molecule has 0 bridgehead atoms. The molecule has 0 aliphatic rings. The molecule has 1 amide bonds. The smallest absolute Gasteiger partial charge is 0.250 e. The van der Waals surface area contributed by atoms with Crippen LogP contribution in [0.1, 0.15) is 25.0 Å². The van der Waals surface area contributed by atoms with Gasteiger partial charge in [0.25, 0.3) is 5.91 Å². The first kappa shape index (κ1) is 24.2. The SMILES string of the molecule is CCOc1ccc(-n2c(SCC(=O)N/N=C(\C)c3ccc(C)cc3)nnc2-c2cccnc2)cc1. The topological polar surface area (TPSA) is 94.3 Å². The van der Waals surface area contributed by atoms with Crippen LogP contribution in [0.2, 0.25) is 0 Å². The Morgan fingerprint density at radius 2 is 1.86 bits per heavy atom. The molecular formula is C26H26N6O2S. The Balaban J connectivity index is 1.52. The zero-order valence-electron chi connectivity index (χ0n) is 19.8. The summed E-state index contributed by atoms with van der Waals surface area (Å²) in [5, 5.41) is 13.6. The maximum absolute atomic E-state index is 12.5. The van der Waals surface area contributed by atoms with Crippen molar-refractivity contribution in [3.8, 4) is 22.8 Å². The van der Waals surface area contributed by atoms with Gasteiger partial charge in [0.05, 0.1) is 18.1 Å². The molecule has 2 aromatic heterocycles. The highest BCUT2D eigenvalue weighted by Gasteiger charge is 2.17. The second kappa shape index (κ2) is 11.4. The number of ether oxygens (including phenoxy) is 1. The Labute approximate surface area is 208 Å². The number of nitrogens with zero attached hydrogens (tertiary/aromatic N) is 5. The first-order valence-corrected chi connectivity index (χ1v) is 12.2. The molecule has 1 N–H and O–H groups in total. The van der Waals surface area contributed by atoms with Gasteiger partial charge in [0.2, 0.25) is 0 Å². The van der Waals surface area contributed by atoms with Crippen molar-refractivity contribution < 1.29 is 9.53 Å². The maximum Gasteiger partial charge on any atom is 0.250 e. The third-order valence-electron chi connectivity index (χ3n) is 5.11. The number of hydrogen-bond donors (Lipinski definition) is 1. The van der Waals surface area contributed by atoms with E-state index < -0.39 is 0 Å². The minimum absolute atomic E-state index is 0.132. The van der Waals surface area contributed by atoms with Crippen LogP contribution in [-0.4, -0.2) is 43.7 Å². The minimum Gasteiger partial charge on any atom is -0.494 e. The molecule has 2 aromatic carbocycles. The van der Waals surface area contributed by atoms with Crippen LogP contribution < -0.4 is 10.2 Å². The van der Waals surface area contributed by atoms with Gasteiger partial charge in [0.15, 0.2) is 11.0 Å². The predicted octanol–water partition coefficient (Wildman–Crippen LogP) is 4.67. The van der Waals surface area contributed by atoms with Crippen LogP contribution in [0.15, 0.2) is 83.3 Å². The van der Waals surface area contributed by atoms with E-state index >= 15 is 0 Å². The van der Waals surface area contributed by atoms with Crippen LogP contribution >= 0.6 is 11.8 Å². The average Bonchev–Trinajstić information content (AvgIpc) is 3.31. The van der Waals surface area contributed by atoms with Crippen molar-refractivity contribution in [1.82, 2.24) is 25.2 Å². The summed E-state index contributed by atoms with van der Waals surface area (Å²) in [4.78, 5) is 16.7. The van der Waals surface area contributed by atoms with Crippen LogP contribution in [0, 0.1) is 6.92 Å². The van der Waals surface area contributed by atoms with Gasteiger partial charge in [-0.25, -0.2) is 5.43 Å². The van der Waals surface area contributed by atoms with E-state index in [1.807, 2.05) is 86.0 Å². The molecule has 178 valence electrons. The Kier molecular flexibility index (Phi) is 7.89. The second-order valence-electron chi connectivity index (χ2n) is 7.70. The summed E-state index contributed by atoms with van der Waals surface area (Å²) in [5.74, 6) is 1.32. The fourth-order valence-electron chi connectivity index (χ4n) is 3.30. The van der Waals surface area contributed by atoms with E-state index in [2.05, 4.69) is 25.7 Å². The van der Waals surface area contributed by atoms with Gasteiger partial charge in [-0.05, 0) is 62.7 Å². The molecule has 0 spiro atoms. The largest absolute Gasteiger partial charge is 0.494 e. The van der Waals surface area contributed by atoms with E-state index in [1.54, 1.807) is 12.4 Å². The van der Waals surface area contributed by atoms with E-state index in [0.717, 1.165) is 28.3 Å². The molecule has 0 aliphatic heterocycles. The zero-order chi connectivity index (χ0) is 24.6. The lowest BCUT2D eigenvalue weighted by Crippen LogP contribution is -2.21. The van der Waals surface area contributed by atoms with Gasteiger partial charge < -0.3 is 4.74 Å². The fourth-order valence-corrected chi connectivity index (χ4v) is 4.05. The predicted molar refractivity (Wildman–Crippen MR) is 138 cm³/mol. The van der Waals surface area contributed by atoms with Crippen molar-refractivity contribution in [2.45, 2.75) is 25.9 Å². The molecule has 0 saturated carbocycles. The number of aryl methyl sites for hydroxylation is 1. The highest BCUT2D eigenvalue weighted by atomic mass is 32.2. The van der Waals surface area contributed by atoms with Crippen molar-refractivity contribution in [3.05, 3.63) is 84.2 Å². The Hall–Kier alpha value is -3.98. The molecule has 0 fully saturated rings. The lowest BCUT2D eigenvalue weighted by atomic mass is 10.1. The molecule has 4 rings (SSSR count). The average molecular weight is 487 g/mol.